The third-order valence-corrected chi connectivity index (χ3v) is 6.81. The molecular weight excluding hydrogens is 425 g/mol. The monoisotopic (exact) mass is 448 g/mol. The van der Waals surface area contributed by atoms with E-state index in [9.17, 15) is 18.0 Å². The zero-order valence-corrected chi connectivity index (χ0v) is 17.1. The number of carbonyl (C=O) groups excluding carboxylic acids is 1. The lowest BCUT2D eigenvalue weighted by molar-refractivity contribution is -0.183. The molecule has 8 nitrogen and oxygen atoms in total. The summed E-state index contributed by atoms with van der Waals surface area (Å²) in [4.78, 5) is 12.9. The predicted molar refractivity (Wildman–Crippen MR) is 102 cm³/mol. The van der Waals surface area contributed by atoms with Crippen LogP contribution < -0.4 is 16.8 Å². The number of fused-ring (bicyclic) bond motifs is 1. The largest absolute Gasteiger partial charge is 0.483 e. The molecule has 2 fully saturated rings. The molecule has 30 heavy (non-hydrogen) atoms. The first-order valence-corrected chi connectivity index (χ1v) is 10.3. The molecule has 4 rings (SSSR count). The summed E-state index contributed by atoms with van der Waals surface area (Å²) < 4.78 is 55.1. The van der Waals surface area contributed by atoms with E-state index < -0.39 is 29.3 Å². The number of ether oxygens (including phenoxy) is 3. The van der Waals surface area contributed by atoms with Crippen LogP contribution >= 0.6 is 11.8 Å². The quantitative estimate of drug-likeness (QED) is 0.589. The number of dihydropyridines is 1. The fraction of sp³-hybridized carbons (Fsp3) is 0.611. The van der Waals surface area contributed by atoms with Crippen molar-refractivity contribution in [3.8, 4) is 0 Å². The fourth-order valence-electron chi connectivity index (χ4n) is 4.11. The summed E-state index contributed by atoms with van der Waals surface area (Å²) in [6, 6.07) is 0. The maximum Gasteiger partial charge on any atom is 0.422 e. The van der Waals surface area contributed by atoms with Gasteiger partial charge in [-0.1, -0.05) is 11.8 Å². The van der Waals surface area contributed by atoms with Gasteiger partial charge in [0.15, 0.2) is 12.4 Å². The molecule has 0 bridgehead atoms. The zero-order valence-electron chi connectivity index (χ0n) is 16.3. The summed E-state index contributed by atoms with van der Waals surface area (Å²) in [5.41, 5.74) is 11.8. The van der Waals surface area contributed by atoms with E-state index >= 15 is 0 Å². The molecule has 1 atom stereocenters. The molecule has 0 radical (unpaired) electrons. The van der Waals surface area contributed by atoms with Crippen molar-refractivity contribution in [2.45, 2.75) is 36.6 Å². The van der Waals surface area contributed by atoms with Crippen molar-refractivity contribution >= 4 is 17.7 Å². The number of hydrogen-bond donors (Lipinski definition) is 3. The summed E-state index contributed by atoms with van der Waals surface area (Å²) in [5, 5.41) is 3.30. The molecule has 4 aliphatic rings. The van der Waals surface area contributed by atoms with Crippen molar-refractivity contribution in [3.63, 3.8) is 0 Å². The van der Waals surface area contributed by atoms with E-state index in [1.54, 1.807) is 6.92 Å². The number of nitrogens with one attached hydrogen (secondary N) is 1. The van der Waals surface area contributed by atoms with E-state index in [1.165, 1.54) is 6.08 Å². The number of carbonyl (C=O) groups is 1. The maximum absolute atomic E-state index is 12.8. The van der Waals surface area contributed by atoms with Gasteiger partial charge in [-0.25, -0.2) is 0 Å². The zero-order chi connectivity index (χ0) is 21.7. The number of amides is 1. The van der Waals surface area contributed by atoms with Crippen LogP contribution in [-0.2, 0) is 19.0 Å². The number of rotatable bonds is 4. The standard InChI is InChI=1S/C18H23F3N4O4S/c1-16-12(13(22)14(30-16)15(23)26)10(27-9-18(19,20)21)8-11(24-16)25-4-2-17(3-5-25)28-6-7-29-17/h8,24H,2-7,9,22H2,1H3,(H2,23,26). The summed E-state index contributed by atoms with van der Waals surface area (Å²) in [6.45, 7) is 2.52. The first kappa shape index (κ1) is 21.2. The number of piperidine rings is 1. The second-order valence-electron chi connectivity index (χ2n) is 7.63. The first-order valence-electron chi connectivity index (χ1n) is 9.48. The van der Waals surface area contributed by atoms with E-state index in [-0.39, 0.29) is 21.9 Å². The number of hydrogen-bond acceptors (Lipinski definition) is 8. The van der Waals surface area contributed by atoms with Gasteiger partial charge in [0, 0.05) is 32.0 Å². The van der Waals surface area contributed by atoms with Gasteiger partial charge in [-0.2, -0.15) is 13.2 Å². The van der Waals surface area contributed by atoms with E-state index in [4.69, 9.17) is 25.7 Å². The van der Waals surface area contributed by atoms with Crippen LogP contribution in [0.25, 0.3) is 0 Å². The number of nitrogens with two attached hydrogens (primary N) is 2. The van der Waals surface area contributed by atoms with E-state index in [0.717, 1.165) is 11.8 Å². The van der Waals surface area contributed by atoms with Crippen molar-refractivity contribution < 1.29 is 32.2 Å². The molecule has 166 valence electrons. The summed E-state index contributed by atoms with van der Waals surface area (Å²) >= 11 is 1.07. The molecular formula is C18H23F3N4O4S. The third kappa shape index (κ3) is 3.83. The molecule has 12 heteroatoms. The first-order chi connectivity index (χ1) is 14.0. The van der Waals surface area contributed by atoms with Crippen molar-refractivity contribution in [2.75, 3.05) is 32.9 Å². The van der Waals surface area contributed by atoms with Crippen molar-refractivity contribution in [1.82, 2.24) is 10.2 Å². The topological polar surface area (TPSA) is 112 Å². The molecule has 1 spiro atoms. The Morgan fingerprint density at radius 2 is 1.97 bits per heavy atom. The number of primary amides is 1. The van der Waals surface area contributed by atoms with Crippen LogP contribution in [0.15, 0.2) is 33.8 Å². The van der Waals surface area contributed by atoms with Crippen molar-refractivity contribution in [3.05, 3.63) is 33.8 Å². The molecule has 1 unspecified atom stereocenters. The summed E-state index contributed by atoms with van der Waals surface area (Å²) in [6.07, 6.45) is -1.78. The number of thioether (sulfide) groups is 1. The van der Waals surface area contributed by atoms with Crippen LogP contribution in [0.2, 0.25) is 0 Å². The van der Waals surface area contributed by atoms with Gasteiger partial charge < -0.3 is 35.9 Å². The fourth-order valence-corrected chi connectivity index (χ4v) is 5.30. The highest BCUT2D eigenvalue weighted by Gasteiger charge is 2.48. The molecule has 0 aromatic heterocycles. The average molecular weight is 448 g/mol. The maximum atomic E-state index is 12.8. The van der Waals surface area contributed by atoms with E-state index in [2.05, 4.69) is 5.32 Å². The normalized spacial score (nSPS) is 28.5. The van der Waals surface area contributed by atoms with Gasteiger partial charge in [-0.15, -0.1) is 0 Å². The summed E-state index contributed by atoms with van der Waals surface area (Å²) in [7, 11) is 0. The minimum atomic E-state index is -4.52. The Bertz CT molecular complexity index is 841. The van der Waals surface area contributed by atoms with Crippen LogP contribution in [0.5, 0.6) is 0 Å². The number of alkyl halides is 3. The summed E-state index contributed by atoms with van der Waals surface area (Å²) in [5.74, 6) is -0.773. The molecule has 0 aromatic carbocycles. The number of allylic oxidation sites excluding steroid dienone is 1. The lowest BCUT2D eigenvalue weighted by Crippen LogP contribution is -2.51. The van der Waals surface area contributed by atoms with Gasteiger partial charge in [0.2, 0.25) is 0 Å². The molecule has 0 saturated carbocycles. The lowest BCUT2D eigenvalue weighted by Gasteiger charge is -2.43. The Hall–Kier alpha value is -2.05. The molecule has 1 amide bonds. The lowest BCUT2D eigenvalue weighted by atomic mass is 9.98. The van der Waals surface area contributed by atoms with Gasteiger partial charge in [-0.3, -0.25) is 4.79 Å². The van der Waals surface area contributed by atoms with Gasteiger partial charge in [0.05, 0.1) is 29.4 Å². The van der Waals surface area contributed by atoms with Crippen molar-refractivity contribution in [2.24, 2.45) is 11.5 Å². The SMILES string of the molecule is CC12NC(N3CCC4(CC3)OCCO4)=CC(OCC(F)(F)F)=C1C(N)=C(C(N)=O)S2. The van der Waals surface area contributed by atoms with Gasteiger partial charge in [0.1, 0.15) is 16.5 Å². The Labute approximate surface area is 175 Å². The molecule has 2 saturated heterocycles. The van der Waals surface area contributed by atoms with Crippen LogP contribution in [0.4, 0.5) is 13.2 Å². The van der Waals surface area contributed by atoms with E-state index in [0.29, 0.717) is 45.0 Å². The third-order valence-electron chi connectivity index (χ3n) is 5.47. The van der Waals surface area contributed by atoms with Gasteiger partial charge in [-0.05, 0) is 6.92 Å². The Balaban J connectivity index is 1.63. The highest BCUT2D eigenvalue weighted by Crippen LogP contribution is 2.50. The van der Waals surface area contributed by atoms with Gasteiger partial charge in [0.25, 0.3) is 5.91 Å². The Morgan fingerprint density at radius 1 is 1.33 bits per heavy atom. The smallest absolute Gasteiger partial charge is 0.422 e. The van der Waals surface area contributed by atoms with Crippen LogP contribution in [-0.4, -0.2) is 60.6 Å². The predicted octanol–water partition coefficient (Wildman–Crippen LogP) is 1.22. The number of nitrogens with zero attached hydrogens (tertiary/aromatic N) is 1. The van der Waals surface area contributed by atoms with Crippen LogP contribution in [0.1, 0.15) is 19.8 Å². The minimum Gasteiger partial charge on any atom is -0.483 e. The highest BCUT2D eigenvalue weighted by atomic mass is 32.2. The number of halogens is 3. The Morgan fingerprint density at radius 3 is 2.53 bits per heavy atom. The molecule has 0 aliphatic carbocycles. The van der Waals surface area contributed by atoms with E-state index in [1.807, 2.05) is 4.90 Å². The molecule has 0 aromatic rings. The molecule has 5 N–H and O–H groups in total. The van der Waals surface area contributed by atoms with Crippen LogP contribution in [0.3, 0.4) is 0 Å². The molecule has 4 aliphatic heterocycles. The highest BCUT2D eigenvalue weighted by molar-refractivity contribution is 8.05. The molecule has 4 heterocycles. The second-order valence-corrected chi connectivity index (χ2v) is 9.06. The van der Waals surface area contributed by atoms with Crippen molar-refractivity contribution in [1.29, 1.82) is 0 Å². The average Bonchev–Trinajstić information content (AvgIpc) is 3.22. The second kappa shape index (κ2) is 7.27. The van der Waals surface area contributed by atoms with Crippen LogP contribution in [0, 0.1) is 0 Å². The van der Waals surface area contributed by atoms with Gasteiger partial charge >= 0.3 is 6.18 Å². The number of likely N-dealkylation sites (tertiary alicyclic amines) is 1. The minimum absolute atomic E-state index is 0.0281. The Kier molecular flexibility index (Phi) is 5.14.